The van der Waals surface area contributed by atoms with Crippen LogP contribution in [0, 0.1) is 0 Å². The molecule has 2 aromatic rings. The maximum atomic E-state index is 4.30. The molecule has 0 aliphatic carbocycles. The average Bonchev–Trinajstić information content (AvgIpc) is 2.95. The number of rotatable bonds is 9. The van der Waals surface area contributed by atoms with Crippen LogP contribution in [0.25, 0.3) is 16.6 Å². The van der Waals surface area contributed by atoms with Crippen molar-refractivity contribution in [3.8, 4) is 0 Å². The van der Waals surface area contributed by atoms with Crippen molar-refractivity contribution in [3.05, 3.63) is 42.1 Å². The summed E-state index contributed by atoms with van der Waals surface area (Å²) in [5, 5.41) is 4.92. The molecule has 0 saturated carbocycles. The van der Waals surface area contributed by atoms with Crippen molar-refractivity contribution in [2.45, 2.75) is 64.8 Å². The first-order valence-corrected chi connectivity index (χ1v) is 9.35. The molecule has 0 saturated heterocycles. The highest BCUT2D eigenvalue weighted by molar-refractivity contribution is 5.94. The Labute approximate surface area is 140 Å². The molecule has 1 aliphatic rings. The van der Waals surface area contributed by atoms with Gasteiger partial charge in [0.2, 0.25) is 0 Å². The molecule has 2 nitrogen and oxygen atoms in total. The Kier molecular flexibility index (Phi) is 5.43. The second-order valence-electron chi connectivity index (χ2n) is 6.83. The molecule has 0 amide bonds. The van der Waals surface area contributed by atoms with E-state index in [0.29, 0.717) is 0 Å². The van der Waals surface area contributed by atoms with Gasteiger partial charge >= 0.3 is 0 Å². The van der Waals surface area contributed by atoms with Crippen molar-refractivity contribution in [3.63, 3.8) is 0 Å². The smallest absolute Gasteiger partial charge is 0.0519 e. The van der Waals surface area contributed by atoms with Crippen LogP contribution >= 0.6 is 0 Å². The normalized spacial score (nSPS) is 13.4. The Balaban J connectivity index is 1.58. The van der Waals surface area contributed by atoms with Crippen molar-refractivity contribution >= 4 is 16.6 Å². The van der Waals surface area contributed by atoms with E-state index in [1.807, 2.05) is 0 Å². The molecule has 1 aliphatic heterocycles. The molecule has 23 heavy (non-hydrogen) atoms. The number of aromatic nitrogens is 1. The van der Waals surface area contributed by atoms with E-state index in [0.717, 1.165) is 18.8 Å². The highest BCUT2D eigenvalue weighted by Gasteiger charge is 2.16. The molecule has 3 rings (SSSR count). The van der Waals surface area contributed by atoms with Gasteiger partial charge < -0.3 is 9.88 Å². The average molecular weight is 310 g/mol. The number of hydrogen-bond donors (Lipinski definition) is 1. The lowest BCUT2D eigenvalue weighted by atomic mass is 10.0. The number of nitrogens with zero attached hydrogens (tertiary/aromatic N) is 1. The molecule has 0 fully saturated rings. The van der Waals surface area contributed by atoms with Crippen LogP contribution in [0.5, 0.6) is 0 Å². The first kappa shape index (κ1) is 16.2. The van der Waals surface area contributed by atoms with Gasteiger partial charge in [-0.25, -0.2) is 0 Å². The minimum Gasteiger partial charge on any atom is -0.385 e. The van der Waals surface area contributed by atoms with Gasteiger partial charge in [-0.1, -0.05) is 63.8 Å². The third-order valence-electron chi connectivity index (χ3n) is 5.02. The molecule has 0 unspecified atom stereocenters. The minimum atomic E-state index is 1.04. The van der Waals surface area contributed by atoms with E-state index in [1.54, 1.807) is 0 Å². The van der Waals surface area contributed by atoms with E-state index in [4.69, 9.17) is 0 Å². The predicted octanol–water partition coefficient (Wildman–Crippen LogP) is 5.51. The third kappa shape index (κ3) is 3.63. The topological polar surface area (TPSA) is 17.0 Å². The Morgan fingerprint density at radius 2 is 2.00 bits per heavy atom. The van der Waals surface area contributed by atoms with Gasteiger partial charge in [0.15, 0.2) is 0 Å². The van der Waals surface area contributed by atoms with Crippen LogP contribution in [0.15, 0.2) is 31.0 Å². The lowest BCUT2D eigenvalue weighted by Gasteiger charge is -2.14. The Morgan fingerprint density at radius 1 is 1.17 bits per heavy atom. The zero-order valence-corrected chi connectivity index (χ0v) is 14.5. The molecule has 2 heteroatoms. The van der Waals surface area contributed by atoms with Crippen molar-refractivity contribution in [2.24, 2.45) is 0 Å². The summed E-state index contributed by atoms with van der Waals surface area (Å²) >= 11 is 0. The molecule has 0 atom stereocenters. The predicted molar refractivity (Wildman–Crippen MR) is 101 cm³/mol. The second kappa shape index (κ2) is 7.72. The number of nitrogens with one attached hydrogen (secondary N) is 1. The Hall–Kier alpha value is -1.70. The van der Waals surface area contributed by atoms with Crippen molar-refractivity contribution in [1.29, 1.82) is 0 Å². The molecule has 0 radical (unpaired) electrons. The first-order chi connectivity index (χ1) is 11.3. The molecule has 1 aromatic carbocycles. The fraction of sp³-hybridized carbons (Fsp3) is 0.524. The highest BCUT2D eigenvalue weighted by Crippen LogP contribution is 2.31. The fourth-order valence-electron chi connectivity index (χ4n) is 3.74. The Bertz CT molecular complexity index is 666. The largest absolute Gasteiger partial charge is 0.385 e. The number of unbranched alkanes of at least 4 members (excludes halogenated alkanes) is 5. The molecule has 1 aromatic heterocycles. The monoisotopic (exact) mass is 310 g/mol. The maximum Gasteiger partial charge on any atom is 0.0519 e. The zero-order valence-electron chi connectivity index (χ0n) is 14.5. The number of aryl methyl sites for hydroxylation is 2. The molecule has 124 valence electrons. The quantitative estimate of drug-likeness (QED) is 0.604. The summed E-state index contributed by atoms with van der Waals surface area (Å²) in [4.78, 5) is 0. The van der Waals surface area contributed by atoms with E-state index >= 15 is 0 Å². The van der Waals surface area contributed by atoms with Gasteiger partial charge in [-0.2, -0.15) is 0 Å². The summed E-state index contributed by atoms with van der Waals surface area (Å²) in [6, 6.07) is 6.71. The van der Waals surface area contributed by atoms with Crippen molar-refractivity contribution in [1.82, 2.24) is 9.88 Å². The van der Waals surface area contributed by atoms with Gasteiger partial charge in [0.05, 0.1) is 5.52 Å². The van der Waals surface area contributed by atoms with Crippen LogP contribution in [0.4, 0.5) is 0 Å². The molecule has 0 spiro atoms. The molecule has 1 N–H and O–H groups in total. The van der Waals surface area contributed by atoms with Crippen molar-refractivity contribution in [2.75, 3.05) is 6.54 Å². The Morgan fingerprint density at radius 3 is 2.87 bits per heavy atom. The van der Waals surface area contributed by atoms with Gasteiger partial charge in [0, 0.05) is 35.9 Å². The van der Waals surface area contributed by atoms with E-state index in [1.165, 1.54) is 73.4 Å². The van der Waals surface area contributed by atoms with Crippen LogP contribution in [-0.4, -0.2) is 11.1 Å². The lowest BCUT2D eigenvalue weighted by Crippen LogP contribution is -2.12. The number of para-hydroxylation sites is 1. The van der Waals surface area contributed by atoms with Gasteiger partial charge in [0.1, 0.15) is 0 Å². The van der Waals surface area contributed by atoms with Crippen LogP contribution in [0.1, 0.15) is 63.0 Å². The van der Waals surface area contributed by atoms with Crippen LogP contribution in [0.2, 0.25) is 0 Å². The van der Waals surface area contributed by atoms with E-state index < -0.39 is 0 Å². The maximum absolute atomic E-state index is 4.30. The zero-order chi connectivity index (χ0) is 16.1. The third-order valence-corrected chi connectivity index (χ3v) is 5.02. The van der Waals surface area contributed by atoms with Gasteiger partial charge in [0.25, 0.3) is 0 Å². The molecule has 2 heterocycles. The van der Waals surface area contributed by atoms with Crippen LogP contribution < -0.4 is 5.32 Å². The number of hydrogen-bond acceptors (Lipinski definition) is 1. The molecular formula is C21H30N2. The van der Waals surface area contributed by atoms with E-state index in [-0.39, 0.29) is 0 Å². The standard InChI is InChI=1S/C21H30N2/c1-3-4-5-6-7-8-14-22-17(2)20-16-23-15-10-12-18-11-9-13-19(20)21(18)23/h9,11,13,16,22H,2-8,10,12,14-15H2,1H3. The summed E-state index contributed by atoms with van der Waals surface area (Å²) < 4.78 is 2.42. The summed E-state index contributed by atoms with van der Waals surface area (Å²) in [5.41, 5.74) is 5.29. The summed E-state index contributed by atoms with van der Waals surface area (Å²) in [5.74, 6) is 0. The first-order valence-electron chi connectivity index (χ1n) is 9.35. The summed E-state index contributed by atoms with van der Waals surface area (Å²) in [6.45, 7) is 8.74. The van der Waals surface area contributed by atoms with E-state index in [9.17, 15) is 0 Å². The van der Waals surface area contributed by atoms with Crippen LogP contribution in [0.3, 0.4) is 0 Å². The van der Waals surface area contributed by atoms with Crippen molar-refractivity contribution < 1.29 is 0 Å². The second-order valence-corrected chi connectivity index (χ2v) is 6.83. The highest BCUT2D eigenvalue weighted by atomic mass is 15.0. The molecular weight excluding hydrogens is 280 g/mol. The fourth-order valence-corrected chi connectivity index (χ4v) is 3.74. The number of benzene rings is 1. The molecule has 0 bridgehead atoms. The summed E-state index contributed by atoms with van der Waals surface area (Å²) in [7, 11) is 0. The van der Waals surface area contributed by atoms with Gasteiger partial charge in [-0.05, 0) is 24.8 Å². The summed E-state index contributed by atoms with van der Waals surface area (Å²) in [6.07, 6.45) is 12.8. The SMILES string of the molecule is C=C(NCCCCCCCC)c1cn2c3c(cccc13)CCC2. The van der Waals surface area contributed by atoms with Gasteiger partial charge in [-0.15, -0.1) is 0 Å². The van der Waals surface area contributed by atoms with Gasteiger partial charge in [-0.3, -0.25) is 0 Å². The van der Waals surface area contributed by atoms with E-state index in [2.05, 4.69) is 47.8 Å². The van der Waals surface area contributed by atoms with Crippen LogP contribution in [-0.2, 0) is 13.0 Å². The minimum absolute atomic E-state index is 1.04. The lowest BCUT2D eigenvalue weighted by molar-refractivity contribution is 0.600.